The molecule has 1 N–H and O–H groups in total. The molecular weight excluding hydrogens is 192 g/mol. The molecule has 0 amide bonds. The van der Waals surface area contributed by atoms with Crippen molar-refractivity contribution >= 4 is 11.6 Å². The summed E-state index contributed by atoms with van der Waals surface area (Å²) in [6.45, 7) is 7.16. The summed E-state index contributed by atoms with van der Waals surface area (Å²) in [5, 5.41) is 24.2. The SMILES string of the molecule is CC1(C)N([O])C(CCl)[NH+]([O-])C1(C)C. The molecule has 0 spiro atoms. The molecule has 1 radical (unpaired) electrons. The molecule has 1 saturated heterocycles. The third-order valence-corrected chi connectivity index (χ3v) is 3.72. The second kappa shape index (κ2) is 3.07. The minimum Gasteiger partial charge on any atom is -0.633 e. The first-order valence-electron chi connectivity index (χ1n) is 4.33. The van der Waals surface area contributed by atoms with Gasteiger partial charge in [-0.05, 0) is 27.7 Å². The zero-order valence-electron chi connectivity index (χ0n) is 8.43. The molecule has 1 fully saturated rings. The molecule has 5 heteroatoms. The topological polar surface area (TPSA) is 50.6 Å². The Morgan fingerprint density at radius 2 is 1.92 bits per heavy atom. The Kier molecular flexibility index (Phi) is 2.64. The van der Waals surface area contributed by atoms with Crippen molar-refractivity contribution in [3.8, 4) is 0 Å². The van der Waals surface area contributed by atoms with E-state index in [1.807, 2.05) is 0 Å². The van der Waals surface area contributed by atoms with Gasteiger partial charge in [-0.3, -0.25) is 0 Å². The first-order valence-corrected chi connectivity index (χ1v) is 4.87. The summed E-state index contributed by atoms with van der Waals surface area (Å²) >= 11 is 5.59. The number of quaternary nitrogens is 1. The van der Waals surface area contributed by atoms with Crippen molar-refractivity contribution in [3.05, 3.63) is 5.21 Å². The van der Waals surface area contributed by atoms with Crippen molar-refractivity contribution in [2.24, 2.45) is 0 Å². The van der Waals surface area contributed by atoms with E-state index in [4.69, 9.17) is 11.6 Å². The van der Waals surface area contributed by atoms with Crippen LogP contribution in [0.5, 0.6) is 0 Å². The summed E-state index contributed by atoms with van der Waals surface area (Å²) in [6.07, 6.45) is -0.674. The average Bonchev–Trinajstić information content (AvgIpc) is 2.13. The first kappa shape index (κ1) is 11.2. The molecule has 77 valence electrons. The van der Waals surface area contributed by atoms with Gasteiger partial charge in [0.1, 0.15) is 11.1 Å². The van der Waals surface area contributed by atoms with Gasteiger partial charge in [0.05, 0.1) is 5.88 Å². The van der Waals surface area contributed by atoms with E-state index >= 15 is 0 Å². The third kappa shape index (κ3) is 1.28. The van der Waals surface area contributed by atoms with E-state index in [-0.39, 0.29) is 10.9 Å². The molecule has 0 bridgehead atoms. The lowest BCUT2D eigenvalue weighted by molar-refractivity contribution is -0.917. The summed E-state index contributed by atoms with van der Waals surface area (Å²) in [5.74, 6) is 0.0786. The van der Waals surface area contributed by atoms with Gasteiger partial charge >= 0.3 is 0 Å². The van der Waals surface area contributed by atoms with Crippen LogP contribution in [-0.2, 0) is 5.21 Å². The maximum Gasteiger partial charge on any atom is 0.183 e. The monoisotopic (exact) mass is 207 g/mol. The van der Waals surface area contributed by atoms with E-state index in [9.17, 15) is 10.4 Å². The fraction of sp³-hybridized carbons (Fsp3) is 1.00. The Labute approximate surface area is 83.6 Å². The molecule has 0 aromatic heterocycles. The van der Waals surface area contributed by atoms with Gasteiger partial charge in [-0.1, -0.05) is 5.06 Å². The molecule has 1 heterocycles. The Balaban J connectivity index is 3.04. The molecule has 0 aromatic carbocycles. The highest BCUT2D eigenvalue weighted by atomic mass is 35.5. The minimum atomic E-state index is -0.674. The normalized spacial score (nSPS) is 38.1. The van der Waals surface area contributed by atoms with Gasteiger partial charge in [-0.15, -0.1) is 16.8 Å². The minimum absolute atomic E-state index is 0.0532. The summed E-state index contributed by atoms with van der Waals surface area (Å²) < 4.78 is 0. The third-order valence-electron chi connectivity index (χ3n) is 3.43. The second-order valence-electron chi connectivity index (χ2n) is 4.54. The standard InChI is InChI=1S/C8H16ClN2O2/c1-7(2)8(3,4)11(13)6(5-9)10(7)12/h6,10H,5H2,1-4H3. The van der Waals surface area contributed by atoms with E-state index in [0.717, 1.165) is 5.06 Å². The van der Waals surface area contributed by atoms with Gasteiger partial charge in [0.2, 0.25) is 0 Å². The van der Waals surface area contributed by atoms with Crippen LogP contribution in [0.1, 0.15) is 27.7 Å². The van der Waals surface area contributed by atoms with Crippen LogP contribution in [-0.4, -0.2) is 28.2 Å². The van der Waals surface area contributed by atoms with E-state index < -0.39 is 17.2 Å². The molecule has 13 heavy (non-hydrogen) atoms. The second-order valence-corrected chi connectivity index (χ2v) is 4.85. The van der Waals surface area contributed by atoms with Crippen molar-refractivity contribution in [2.75, 3.05) is 5.88 Å². The lowest BCUT2D eigenvalue weighted by Gasteiger charge is -2.38. The molecule has 0 aliphatic carbocycles. The zero-order chi connectivity index (χ0) is 10.4. The number of nitrogens with zero attached hydrogens (tertiary/aromatic N) is 1. The molecule has 0 aromatic rings. The molecule has 4 nitrogen and oxygen atoms in total. The van der Waals surface area contributed by atoms with Crippen LogP contribution in [0, 0.1) is 5.21 Å². The molecule has 1 rings (SSSR count). The zero-order valence-corrected chi connectivity index (χ0v) is 9.18. The lowest BCUT2D eigenvalue weighted by Crippen LogP contribution is -3.18. The van der Waals surface area contributed by atoms with E-state index in [2.05, 4.69) is 0 Å². The van der Waals surface area contributed by atoms with Gasteiger partial charge in [-0.25, -0.2) is 0 Å². The Morgan fingerprint density at radius 1 is 1.46 bits per heavy atom. The summed E-state index contributed by atoms with van der Waals surface area (Å²) in [5.41, 5.74) is -1.28. The van der Waals surface area contributed by atoms with Crippen LogP contribution < -0.4 is 5.06 Å². The quantitative estimate of drug-likeness (QED) is 0.492. The van der Waals surface area contributed by atoms with Crippen molar-refractivity contribution < 1.29 is 10.3 Å². The molecule has 2 unspecified atom stereocenters. The van der Waals surface area contributed by atoms with Crippen LogP contribution in [0.2, 0.25) is 0 Å². The molecule has 0 saturated carbocycles. The fourth-order valence-electron chi connectivity index (χ4n) is 1.62. The van der Waals surface area contributed by atoms with Crippen LogP contribution >= 0.6 is 11.6 Å². The van der Waals surface area contributed by atoms with E-state index in [1.165, 1.54) is 0 Å². The fourth-order valence-corrected chi connectivity index (χ4v) is 1.89. The molecule has 2 atom stereocenters. The van der Waals surface area contributed by atoms with Gasteiger partial charge in [0.25, 0.3) is 0 Å². The van der Waals surface area contributed by atoms with E-state index in [0.29, 0.717) is 0 Å². The highest BCUT2D eigenvalue weighted by Gasteiger charge is 2.59. The van der Waals surface area contributed by atoms with Crippen molar-refractivity contribution in [3.63, 3.8) is 0 Å². The lowest BCUT2D eigenvalue weighted by atomic mass is 9.84. The highest BCUT2D eigenvalue weighted by Crippen LogP contribution is 2.30. The molecular formula is C8H16ClN2O2. The molecule has 1 aliphatic rings. The largest absolute Gasteiger partial charge is 0.633 e. The smallest absolute Gasteiger partial charge is 0.183 e. The number of hydrogen-bond acceptors (Lipinski definition) is 2. The molecule has 1 aliphatic heterocycles. The Bertz CT molecular complexity index is 188. The van der Waals surface area contributed by atoms with Crippen LogP contribution in [0.25, 0.3) is 0 Å². The summed E-state index contributed by atoms with van der Waals surface area (Å²) in [6, 6.07) is 0. The van der Waals surface area contributed by atoms with Gasteiger partial charge in [-0.2, -0.15) is 0 Å². The number of nitrogens with one attached hydrogen (secondary N) is 1. The van der Waals surface area contributed by atoms with Gasteiger partial charge < -0.3 is 10.3 Å². The number of hydrogen-bond donors (Lipinski definition) is 1. The highest BCUT2D eigenvalue weighted by molar-refractivity contribution is 6.18. The van der Waals surface area contributed by atoms with Crippen molar-refractivity contribution in [1.29, 1.82) is 0 Å². The van der Waals surface area contributed by atoms with Crippen LogP contribution in [0.3, 0.4) is 0 Å². The van der Waals surface area contributed by atoms with Gasteiger partial charge in [0.15, 0.2) is 6.17 Å². The number of halogens is 1. The summed E-state index contributed by atoms with van der Waals surface area (Å²) in [4.78, 5) is 0. The predicted molar refractivity (Wildman–Crippen MR) is 49.5 cm³/mol. The number of rotatable bonds is 1. The van der Waals surface area contributed by atoms with Crippen molar-refractivity contribution in [2.45, 2.75) is 44.9 Å². The Morgan fingerprint density at radius 3 is 2.08 bits per heavy atom. The van der Waals surface area contributed by atoms with Crippen molar-refractivity contribution in [1.82, 2.24) is 5.06 Å². The average molecular weight is 208 g/mol. The number of hydroxylamine groups is 4. The van der Waals surface area contributed by atoms with E-state index in [1.54, 1.807) is 27.7 Å². The maximum absolute atomic E-state index is 11.8. The van der Waals surface area contributed by atoms with Crippen LogP contribution in [0.4, 0.5) is 0 Å². The summed E-state index contributed by atoms with van der Waals surface area (Å²) in [7, 11) is 0. The maximum atomic E-state index is 11.8. The Hall–Kier alpha value is 0.130. The van der Waals surface area contributed by atoms with Gasteiger partial charge in [0, 0.05) is 0 Å². The van der Waals surface area contributed by atoms with Crippen LogP contribution in [0.15, 0.2) is 0 Å². The number of alkyl halides is 1. The predicted octanol–water partition coefficient (Wildman–Crippen LogP) is 0.152. The first-order chi connectivity index (χ1) is 5.76.